The van der Waals surface area contributed by atoms with Crippen molar-refractivity contribution in [2.24, 2.45) is 0 Å². The number of ether oxygens (including phenoxy) is 1. The standard InChI is InChI=1S/C13H15NO4/c1-18-10-4-2-9(3-5-10)11-6-7-14(13(16)17)12(11)8-15/h2-5,8,11-12H,6-7H2,1H3,(H,16,17)/t11-,12+/m0/s1. The van der Waals surface area contributed by atoms with Gasteiger partial charge in [0.05, 0.1) is 13.2 Å². The lowest BCUT2D eigenvalue weighted by Gasteiger charge is -2.20. The number of likely N-dealkylation sites (tertiary alicyclic amines) is 1. The zero-order valence-corrected chi connectivity index (χ0v) is 10.1. The van der Waals surface area contributed by atoms with Crippen molar-refractivity contribution >= 4 is 12.4 Å². The summed E-state index contributed by atoms with van der Waals surface area (Å²) in [7, 11) is 1.59. The van der Waals surface area contributed by atoms with Gasteiger partial charge >= 0.3 is 6.09 Å². The van der Waals surface area contributed by atoms with Gasteiger partial charge in [-0.3, -0.25) is 4.90 Å². The van der Waals surface area contributed by atoms with E-state index in [4.69, 9.17) is 9.84 Å². The molecule has 1 fully saturated rings. The molecule has 1 saturated heterocycles. The van der Waals surface area contributed by atoms with Crippen molar-refractivity contribution < 1.29 is 19.4 Å². The van der Waals surface area contributed by atoms with Gasteiger partial charge in [-0.1, -0.05) is 12.1 Å². The molecule has 1 aromatic carbocycles. The highest BCUT2D eigenvalue weighted by molar-refractivity contribution is 5.73. The Labute approximate surface area is 105 Å². The Kier molecular flexibility index (Phi) is 3.50. The molecule has 0 aromatic heterocycles. The molecule has 1 aliphatic rings. The molecule has 0 aliphatic carbocycles. The SMILES string of the molecule is COc1ccc([C@@H]2CCN(C(=O)O)[C@@H]2C=O)cc1. The Morgan fingerprint density at radius 2 is 2.11 bits per heavy atom. The largest absolute Gasteiger partial charge is 0.497 e. The molecular weight excluding hydrogens is 234 g/mol. The van der Waals surface area contributed by atoms with Crippen LogP contribution < -0.4 is 4.74 Å². The highest BCUT2D eigenvalue weighted by Crippen LogP contribution is 2.33. The van der Waals surface area contributed by atoms with Crippen LogP contribution in [0.2, 0.25) is 0 Å². The molecule has 0 saturated carbocycles. The third-order valence-corrected chi connectivity index (χ3v) is 3.38. The monoisotopic (exact) mass is 249 g/mol. The second kappa shape index (κ2) is 5.08. The van der Waals surface area contributed by atoms with Crippen LogP contribution in [0.25, 0.3) is 0 Å². The predicted octanol–water partition coefficient (Wildman–Crippen LogP) is 1.73. The number of carbonyl (C=O) groups is 2. The van der Waals surface area contributed by atoms with E-state index in [-0.39, 0.29) is 5.92 Å². The number of benzene rings is 1. The van der Waals surface area contributed by atoms with Crippen molar-refractivity contribution in [2.75, 3.05) is 13.7 Å². The molecule has 5 nitrogen and oxygen atoms in total. The molecule has 96 valence electrons. The van der Waals surface area contributed by atoms with Crippen molar-refractivity contribution in [3.8, 4) is 5.75 Å². The fourth-order valence-corrected chi connectivity index (χ4v) is 2.42. The van der Waals surface area contributed by atoms with E-state index in [1.807, 2.05) is 24.3 Å². The van der Waals surface area contributed by atoms with Gasteiger partial charge in [0.25, 0.3) is 0 Å². The maximum Gasteiger partial charge on any atom is 0.407 e. The van der Waals surface area contributed by atoms with Crippen LogP contribution in [0.3, 0.4) is 0 Å². The number of hydrogen-bond acceptors (Lipinski definition) is 3. The van der Waals surface area contributed by atoms with Crippen LogP contribution in [-0.2, 0) is 4.79 Å². The van der Waals surface area contributed by atoms with Crippen LogP contribution in [0.4, 0.5) is 4.79 Å². The Morgan fingerprint density at radius 1 is 1.44 bits per heavy atom. The van der Waals surface area contributed by atoms with Crippen molar-refractivity contribution in [1.29, 1.82) is 0 Å². The lowest BCUT2D eigenvalue weighted by Crippen LogP contribution is -2.37. The van der Waals surface area contributed by atoms with E-state index in [1.54, 1.807) is 7.11 Å². The van der Waals surface area contributed by atoms with Crippen LogP contribution in [-0.4, -0.2) is 42.1 Å². The second-order valence-corrected chi connectivity index (χ2v) is 4.27. The molecule has 0 unspecified atom stereocenters. The van der Waals surface area contributed by atoms with Gasteiger partial charge in [-0.2, -0.15) is 0 Å². The number of carboxylic acid groups (broad SMARTS) is 1. The minimum Gasteiger partial charge on any atom is -0.497 e. The van der Waals surface area contributed by atoms with Gasteiger partial charge in [0, 0.05) is 12.5 Å². The number of rotatable bonds is 3. The third-order valence-electron chi connectivity index (χ3n) is 3.38. The van der Waals surface area contributed by atoms with Gasteiger partial charge in [-0.05, 0) is 24.1 Å². The highest BCUT2D eigenvalue weighted by atomic mass is 16.5. The Balaban J connectivity index is 2.22. The maximum absolute atomic E-state index is 11.1. The zero-order valence-electron chi connectivity index (χ0n) is 10.1. The molecule has 1 aliphatic heterocycles. The lowest BCUT2D eigenvalue weighted by atomic mass is 9.92. The summed E-state index contributed by atoms with van der Waals surface area (Å²) in [5.74, 6) is 0.680. The quantitative estimate of drug-likeness (QED) is 0.828. The average Bonchev–Trinajstić information content (AvgIpc) is 2.82. The molecule has 0 radical (unpaired) electrons. The third kappa shape index (κ3) is 2.16. The topological polar surface area (TPSA) is 66.8 Å². The molecule has 0 bridgehead atoms. The minimum absolute atomic E-state index is 0.0653. The van der Waals surface area contributed by atoms with Crippen LogP contribution >= 0.6 is 0 Å². The molecule has 1 amide bonds. The molecule has 0 spiro atoms. The minimum atomic E-state index is -1.04. The first-order valence-electron chi connectivity index (χ1n) is 5.76. The number of carbonyl (C=O) groups excluding carboxylic acids is 1. The summed E-state index contributed by atoms with van der Waals surface area (Å²) in [6.45, 7) is 0.398. The van der Waals surface area contributed by atoms with Crippen molar-refractivity contribution in [3.63, 3.8) is 0 Å². The number of hydrogen-bond donors (Lipinski definition) is 1. The Bertz CT molecular complexity index is 443. The van der Waals surface area contributed by atoms with Gasteiger partial charge < -0.3 is 14.6 Å². The molecular formula is C13H15NO4. The van der Waals surface area contributed by atoms with Crippen LogP contribution in [0.5, 0.6) is 5.75 Å². The zero-order chi connectivity index (χ0) is 13.1. The van der Waals surface area contributed by atoms with E-state index in [1.165, 1.54) is 4.90 Å². The highest BCUT2D eigenvalue weighted by Gasteiger charge is 2.37. The van der Waals surface area contributed by atoms with Crippen LogP contribution in [0.1, 0.15) is 17.9 Å². The first kappa shape index (κ1) is 12.4. The normalized spacial score (nSPS) is 22.8. The number of methoxy groups -OCH3 is 1. The summed E-state index contributed by atoms with van der Waals surface area (Å²) < 4.78 is 5.07. The van der Waals surface area contributed by atoms with E-state index in [2.05, 4.69) is 0 Å². The van der Waals surface area contributed by atoms with E-state index in [0.29, 0.717) is 13.0 Å². The number of nitrogens with zero attached hydrogens (tertiary/aromatic N) is 1. The smallest absolute Gasteiger partial charge is 0.407 e. The molecule has 2 rings (SSSR count). The first-order chi connectivity index (χ1) is 8.67. The molecule has 1 N–H and O–H groups in total. The first-order valence-corrected chi connectivity index (χ1v) is 5.76. The summed E-state index contributed by atoms with van der Waals surface area (Å²) in [6, 6.07) is 6.81. The summed E-state index contributed by atoms with van der Waals surface area (Å²) in [4.78, 5) is 23.3. The van der Waals surface area contributed by atoms with Gasteiger partial charge in [0.15, 0.2) is 0 Å². The van der Waals surface area contributed by atoms with Crippen molar-refractivity contribution in [2.45, 2.75) is 18.4 Å². The van der Waals surface area contributed by atoms with Gasteiger partial charge in [0.1, 0.15) is 12.0 Å². The summed E-state index contributed by atoms with van der Waals surface area (Å²) in [5.41, 5.74) is 0.969. The van der Waals surface area contributed by atoms with E-state index in [9.17, 15) is 9.59 Å². The fourth-order valence-electron chi connectivity index (χ4n) is 2.42. The Morgan fingerprint density at radius 3 is 2.61 bits per heavy atom. The van der Waals surface area contributed by atoms with Crippen LogP contribution in [0.15, 0.2) is 24.3 Å². The van der Waals surface area contributed by atoms with E-state index in [0.717, 1.165) is 17.6 Å². The molecule has 1 heterocycles. The van der Waals surface area contributed by atoms with Gasteiger partial charge in [-0.25, -0.2) is 4.79 Å². The number of aldehydes is 1. The molecule has 18 heavy (non-hydrogen) atoms. The average molecular weight is 249 g/mol. The maximum atomic E-state index is 11.1. The molecule has 1 aromatic rings. The summed E-state index contributed by atoms with van der Waals surface area (Å²) in [5, 5.41) is 9.01. The van der Waals surface area contributed by atoms with Crippen molar-refractivity contribution in [3.05, 3.63) is 29.8 Å². The fraction of sp³-hybridized carbons (Fsp3) is 0.385. The lowest BCUT2D eigenvalue weighted by molar-refractivity contribution is -0.111. The Hall–Kier alpha value is -2.04. The predicted molar refractivity (Wildman–Crippen MR) is 64.9 cm³/mol. The van der Waals surface area contributed by atoms with Gasteiger partial charge in [-0.15, -0.1) is 0 Å². The van der Waals surface area contributed by atoms with E-state index >= 15 is 0 Å². The second-order valence-electron chi connectivity index (χ2n) is 4.27. The van der Waals surface area contributed by atoms with E-state index < -0.39 is 12.1 Å². The summed E-state index contributed by atoms with van der Waals surface area (Å²) in [6.07, 6.45) is 0.348. The molecule has 2 atom stereocenters. The van der Waals surface area contributed by atoms with Crippen molar-refractivity contribution in [1.82, 2.24) is 4.90 Å². The number of amides is 1. The van der Waals surface area contributed by atoms with Crippen LogP contribution in [0, 0.1) is 0 Å². The molecule has 5 heteroatoms. The van der Waals surface area contributed by atoms with Gasteiger partial charge in [0.2, 0.25) is 0 Å². The summed E-state index contributed by atoms with van der Waals surface area (Å²) >= 11 is 0.